The van der Waals surface area contributed by atoms with Crippen LogP contribution in [0.3, 0.4) is 0 Å². The van der Waals surface area contributed by atoms with Gasteiger partial charge < -0.3 is 4.90 Å². The first-order valence-electron chi connectivity index (χ1n) is 7.09. The number of anilines is 1. The van der Waals surface area contributed by atoms with Gasteiger partial charge in [0.05, 0.1) is 16.3 Å². The molecule has 0 aliphatic carbocycles. The van der Waals surface area contributed by atoms with Crippen LogP contribution < -0.4 is 4.90 Å². The molecule has 2 nitrogen and oxygen atoms in total. The van der Waals surface area contributed by atoms with Gasteiger partial charge in [-0.3, -0.25) is 0 Å². The number of nitrogens with zero attached hydrogens (tertiary/aromatic N) is 2. The monoisotopic (exact) mass is 280 g/mol. The van der Waals surface area contributed by atoms with Crippen molar-refractivity contribution in [1.82, 2.24) is 4.98 Å². The Balaban J connectivity index is 1.73. The van der Waals surface area contributed by atoms with Gasteiger partial charge in [0.2, 0.25) is 0 Å². The Bertz CT molecular complexity index is 687. The second kappa shape index (κ2) is 4.91. The molecule has 100 valence electrons. The number of thiazole rings is 1. The van der Waals surface area contributed by atoms with Gasteiger partial charge in [-0.2, -0.15) is 0 Å². The lowest BCUT2D eigenvalue weighted by atomic mass is 10.1. The third kappa shape index (κ3) is 1.98. The molecule has 1 fully saturated rings. The molecule has 1 atom stereocenters. The topological polar surface area (TPSA) is 16.1 Å². The molecule has 0 radical (unpaired) electrons. The molecule has 0 bridgehead atoms. The van der Waals surface area contributed by atoms with Crippen molar-refractivity contribution in [2.45, 2.75) is 18.9 Å². The number of para-hydroxylation sites is 1. The first-order valence-corrected chi connectivity index (χ1v) is 7.90. The van der Waals surface area contributed by atoms with Crippen molar-refractivity contribution in [2.24, 2.45) is 0 Å². The van der Waals surface area contributed by atoms with Crippen molar-refractivity contribution in [3.05, 3.63) is 60.2 Å². The molecule has 2 aromatic carbocycles. The SMILES string of the molecule is c1ccc(C2CCCN2c2nc3ccccc3s2)cc1. The summed E-state index contributed by atoms with van der Waals surface area (Å²) >= 11 is 1.81. The standard InChI is InChI=1S/C17H16N2S/c1-2-7-13(8-3-1)15-10-6-12-19(15)17-18-14-9-4-5-11-16(14)20-17/h1-5,7-9,11,15H,6,10,12H2. The molecule has 2 heterocycles. The summed E-state index contributed by atoms with van der Waals surface area (Å²) in [6.07, 6.45) is 2.47. The summed E-state index contributed by atoms with van der Waals surface area (Å²) in [5.74, 6) is 0. The molecule has 0 amide bonds. The van der Waals surface area contributed by atoms with Crippen LogP contribution in [0.1, 0.15) is 24.4 Å². The van der Waals surface area contributed by atoms with E-state index >= 15 is 0 Å². The smallest absolute Gasteiger partial charge is 0.186 e. The highest BCUT2D eigenvalue weighted by molar-refractivity contribution is 7.22. The summed E-state index contributed by atoms with van der Waals surface area (Å²) < 4.78 is 1.28. The molecule has 0 spiro atoms. The first kappa shape index (κ1) is 11.9. The largest absolute Gasteiger partial charge is 0.341 e. The second-order valence-corrected chi connectivity index (χ2v) is 6.24. The van der Waals surface area contributed by atoms with E-state index in [1.165, 1.54) is 23.1 Å². The van der Waals surface area contributed by atoms with E-state index in [9.17, 15) is 0 Å². The summed E-state index contributed by atoms with van der Waals surface area (Å²) in [7, 11) is 0. The van der Waals surface area contributed by atoms with Crippen LogP contribution in [0.2, 0.25) is 0 Å². The van der Waals surface area contributed by atoms with Gasteiger partial charge >= 0.3 is 0 Å². The van der Waals surface area contributed by atoms with E-state index in [-0.39, 0.29) is 0 Å². The lowest BCUT2D eigenvalue weighted by molar-refractivity contribution is 0.718. The van der Waals surface area contributed by atoms with Gasteiger partial charge in [0, 0.05) is 6.54 Å². The molecule has 3 heteroatoms. The fraction of sp³-hybridized carbons (Fsp3) is 0.235. The van der Waals surface area contributed by atoms with Gasteiger partial charge in [-0.25, -0.2) is 4.98 Å². The highest BCUT2D eigenvalue weighted by atomic mass is 32.1. The molecular formula is C17H16N2S. The molecule has 1 saturated heterocycles. The minimum absolute atomic E-state index is 0.483. The summed E-state index contributed by atoms with van der Waals surface area (Å²) in [4.78, 5) is 7.29. The Morgan fingerprint density at radius 1 is 1.00 bits per heavy atom. The van der Waals surface area contributed by atoms with Crippen molar-refractivity contribution < 1.29 is 0 Å². The fourth-order valence-electron chi connectivity index (χ4n) is 3.00. The number of aromatic nitrogens is 1. The molecule has 1 unspecified atom stereocenters. The van der Waals surface area contributed by atoms with Crippen molar-refractivity contribution in [1.29, 1.82) is 0 Å². The van der Waals surface area contributed by atoms with Crippen LogP contribution in [0.5, 0.6) is 0 Å². The highest BCUT2D eigenvalue weighted by Crippen LogP contribution is 2.39. The number of rotatable bonds is 2. The molecule has 20 heavy (non-hydrogen) atoms. The minimum Gasteiger partial charge on any atom is -0.341 e. The van der Waals surface area contributed by atoms with E-state index in [4.69, 9.17) is 4.98 Å². The zero-order valence-electron chi connectivity index (χ0n) is 11.2. The quantitative estimate of drug-likeness (QED) is 0.680. The highest BCUT2D eigenvalue weighted by Gasteiger charge is 2.28. The van der Waals surface area contributed by atoms with Crippen LogP contribution in [0.15, 0.2) is 54.6 Å². The lowest BCUT2D eigenvalue weighted by Crippen LogP contribution is -2.22. The molecule has 3 aromatic rings. The van der Waals surface area contributed by atoms with Gasteiger partial charge in [-0.1, -0.05) is 53.8 Å². The maximum atomic E-state index is 4.81. The van der Waals surface area contributed by atoms with Gasteiger partial charge in [0.25, 0.3) is 0 Å². The predicted molar refractivity (Wildman–Crippen MR) is 85.4 cm³/mol. The Labute approximate surface area is 122 Å². The molecule has 0 saturated carbocycles. The van der Waals surface area contributed by atoms with Gasteiger partial charge in [0.15, 0.2) is 5.13 Å². The van der Waals surface area contributed by atoms with E-state index in [0.717, 1.165) is 17.2 Å². The maximum absolute atomic E-state index is 4.81. The number of fused-ring (bicyclic) bond motifs is 1. The molecule has 0 N–H and O–H groups in total. The molecule has 1 aliphatic heterocycles. The number of hydrogen-bond acceptors (Lipinski definition) is 3. The number of benzene rings is 2. The second-order valence-electron chi connectivity index (χ2n) is 5.23. The van der Waals surface area contributed by atoms with Crippen LogP contribution in [-0.4, -0.2) is 11.5 Å². The lowest BCUT2D eigenvalue weighted by Gasteiger charge is -2.24. The Morgan fingerprint density at radius 2 is 1.80 bits per heavy atom. The zero-order valence-corrected chi connectivity index (χ0v) is 12.0. The average Bonchev–Trinajstić information content (AvgIpc) is 3.14. The third-order valence-corrected chi connectivity index (χ3v) is 5.04. The van der Waals surface area contributed by atoms with Crippen LogP contribution in [-0.2, 0) is 0 Å². The molecule has 1 aromatic heterocycles. The van der Waals surface area contributed by atoms with Crippen molar-refractivity contribution in [3.63, 3.8) is 0 Å². The van der Waals surface area contributed by atoms with Gasteiger partial charge in [-0.15, -0.1) is 0 Å². The van der Waals surface area contributed by atoms with E-state index in [1.807, 2.05) is 11.3 Å². The summed E-state index contributed by atoms with van der Waals surface area (Å²) in [5, 5.41) is 1.16. The minimum atomic E-state index is 0.483. The maximum Gasteiger partial charge on any atom is 0.186 e. The van der Waals surface area contributed by atoms with E-state index in [2.05, 4.69) is 59.5 Å². The first-order chi connectivity index (χ1) is 9.92. The fourth-order valence-corrected chi connectivity index (χ4v) is 4.04. The summed E-state index contributed by atoms with van der Waals surface area (Å²) in [6.45, 7) is 1.11. The van der Waals surface area contributed by atoms with E-state index in [0.29, 0.717) is 6.04 Å². The Morgan fingerprint density at radius 3 is 2.65 bits per heavy atom. The van der Waals surface area contributed by atoms with Crippen molar-refractivity contribution in [2.75, 3.05) is 11.4 Å². The van der Waals surface area contributed by atoms with E-state index in [1.54, 1.807) is 0 Å². The van der Waals surface area contributed by atoms with Gasteiger partial charge in [0.1, 0.15) is 0 Å². The molecular weight excluding hydrogens is 264 g/mol. The Hall–Kier alpha value is -1.87. The summed E-state index contributed by atoms with van der Waals surface area (Å²) in [5.41, 5.74) is 2.52. The Kier molecular flexibility index (Phi) is 2.92. The summed E-state index contributed by atoms with van der Waals surface area (Å²) in [6, 6.07) is 19.7. The molecule has 4 rings (SSSR count). The van der Waals surface area contributed by atoms with Gasteiger partial charge in [-0.05, 0) is 30.5 Å². The van der Waals surface area contributed by atoms with Crippen LogP contribution in [0, 0.1) is 0 Å². The van der Waals surface area contributed by atoms with Crippen molar-refractivity contribution >= 4 is 26.7 Å². The number of hydrogen-bond donors (Lipinski definition) is 0. The van der Waals surface area contributed by atoms with Crippen LogP contribution in [0.4, 0.5) is 5.13 Å². The normalized spacial score (nSPS) is 18.8. The molecule has 1 aliphatic rings. The average molecular weight is 280 g/mol. The third-order valence-electron chi connectivity index (χ3n) is 3.97. The zero-order chi connectivity index (χ0) is 13.4. The van der Waals surface area contributed by atoms with Crippen LogP contribution >= 0.6 is 11.3 Å². The van der Waals surface area contributed by atoms with Crippen LogP contribution in [0.25, 0.3) is 10.2 Å². The van der Waals surface area contributed by atoms with E-state index < -0.39 is 0 Å². The van der Waals surface area contributed by atoms with Crippen molar-refractivity contribution in [3.8, 4) is 0 Å². The predicted octanol–water partition coefficient (Wildman–Crippen LogP) is 4.64.